The predicted octanol–water partition coefficient (Wildman–Crippen LogP) is 3.32. The van der Waals surface area contributed by atoms with E-state index >= 15 is 0 Å². The number of carbonyl (C=O) groups excluding carboxylic acids is 3. The molecule has 1 aliphatic carbocycles. The lowest BCUT2D eigenvalue weighted by atomic mass is 9.98. The number of benzene rings is 1. The maximum atomic E-state index is 12.2. The number of thioether (sulfide) groups is 1. The highest BCUT2D eigenvalue weighted by molar-refractivity contribution is 7.99. The van der Waals surface area contributed by atoms with Crippen molar-refractivity contribution in [2.45, 2.75) is 44.6 Å². The fraction of sp³-hybridized carbons (Fsp3) is 0.500. The Morgan fingerprint density at radius 2 is 1.72 bits per heavy atom. The van der Waals surface area contributed by atoms with Crippen LogP contribution in [0.2, 0.25) is 0 Å². The van der Waals surface area contributed by atoms with Crippen LogP contribution in [0.25, 0.3) is 0 Å². The number of amides is 3. The number of ether oxygens (including phenoxy) is 1. The topological polar surface area (TPSA) is 75.7 Å². The second-order valence-corrected chi connectivity index (χ2v) is 8.47. The van der Waals surface area contributed by atoms with E-state index in [1.807, 2.05) is 11.8 Å². The lowest BCUT2D eigenvalue weighted by molar-refractivity contribution is -0.119. The minimum absolute atomic E-state index is 0.157. The zero-order chi connectivity index (χ0) is 20.5. The van der Waals surface area contributed by atoms with E-state index in [9.17, 15) is 14.4 Å². The molecule has 1 aliphatic heterocycles. The monoisotopic (exact) mass is 416 g/mol. The average Bonchev–Trinajstić information content (AvgIpc) is 3.08. The summed E-state index contributed by atoms with van der Waals surface area (Å²) in [6.07, 6.45) is 10.4. The number of nitrogens with one attached hydrogen (secondary N) is 1. The van der Waals surface area contributed by atoms with Crippen LogP contribution in [-0.2, 0) is 14.3 Å². The molecule has 0 radical (unpaired) electrons. The van der Waals surface area contributed by atoms with Crippen molar-refractivity contribution >= 4 is 35.2 Å². The highest BCUT2D eigenvalue weighted by Crippen LogP contribution is 2.21. The van der Waals surface area contributed by atoms with Crippen molar-refractivity contribution in [2.24, 2.45) is 0 Å². The highest BCUT2D eigenvalue weighted by atomic mass is 32.2. The van der Waals surface area contributed by atoms with Crippen LogP contribution in [0, 0.1) is 0 Å². The number of hydrogen-bond donors (Lipinski definition) is 1. The van der Waals surface area contributed by atoms with Crippen LogP contribution in [0.1, 0.15) is 48.9 Å². The van der Waals surface area contributed by atoms with Gasteiger partial charge in [-0.3, -0.25) is 14.4 Å². The molecule has 1 aromatic rings. The second-order valence-electron chi connectivity index (χ2n) is 7.24. The number of rotatable bonds is 10. The molecule has 7 heteroatoms. The summed E-state index contributed by atoms with van der Waals surface area (Å²) in [5, 5.41) is 2.90. The van der Waals surface area contributed by atoms with Gasteiger partial charge in [0.05, 0.1) is 11.8 Å². The molecule has 29 heavy (non-hydrogen) atoms. The van der Waals surface area contributed by atoms with Gasteiger partial charge in [0.15, 0.2) is 0 Å². The van der Waals surface area contributed by atoms with Gasteiger partial charge in [0, 0.05) is 36.6 Å². The molecule has 1 aromatic carbocycles. The molecule has 1 N–H and O–H groups in total. The van der Waals surface area contributed by atoms with Gasteiger partial charge < -0.3 is 10.1 Å². The number of nitrogens with zero attached hydrogens (tertiary/aromatic N) is 1. The molecule has 2 aliphatic rings. The molecule has 0 bridgehead atoms. The SMILES string of the molecule is O=C(NCCSCCCOC1CCCCC1)c1ccc(N2C(=O)C=CC2=O)cc1. The fourth-order valence-corrected chi connectivity index (χ4v) is 4.27. The van der Waals surface area contributed by atoms with Crippen molar-refractivity contribution in [3.05, 3.63) is 42.0 Å². The Morgan fingerprint density at radius 1 is 1.03 bits per heavy atom. The number of anilines is 1. The minimum Gasteiger partial charge on any atom is -0.378 e. The third-order valence-electron chi connectivity index (χ3n) is 5.07. The van der Waals surface area contributed by atoms with Gasteiger partial charge in [0.25, 0.3) is 17.7 Å². The van der Waals surface area contributed by atoms with E-state index in [1.165, 1.54) is 44.3 Å². The van der Waals surface area contributed by atoms with Crippen molar-refractivity contribution in [1.82, 2.24) is 5.32 Å². The molecule has 0 unspecified atom stereocenters. The summed E-state index contributed by atoms with van der Waals surface area (Å²) in [6.45, 7) is 1.43. The lowest BCUT2D eigenvalue weighted by Gasteiger charge is -2.21. The first-order valence-corrected chi connectivity index (χ1v) is 11.4. The Bertz CT molecular complexity index is 724. The molecule has 3 amide bonds. The lowest BCUT2D eigenvalue weighted by Crippen LogP contribution is -2.29. The molecular weight excluding hydrogens is 388 g/mol. The first kappa shape index (κ1) is 21.6. The van der Waals surface area contributed by atoms with Crippen LogP contribution in [0.15, 0.2) is 36.4 Å². The van der Waals surface area contributed by atoms with Crippen molar-refractivity contribution < 1.29 is 19.1 Å². The van der Waals surface area contributed by atoms with Crippen molar-refractivity contribution in [2.75, 3.05) is 29.6 Å². The molecule has 156 valence electrons. The van der Waals surface area contributed by atoms with Crippen LogP contribution < -0.4 is 10.2 Å². The minimum atomic E-state index is -0.367. The largest absolute Gasteiger partial charge is 0.378 e. The van der Waals surface area contributed by atoms with E-state index in [-0.39, 0.29) is 17.7 Å². The predicted molar refractivity (Wildman–Crippen MR) is 115 cm³/mol. The molecule has 0 aromatic heterocycles. The summed E-state index contributed by atoms with van der Waals surface area (Å²) >= 11 is 1.81. The van der Waals surface area contributed by atoms with Gasteiger partial charge in [0.2, 0.25) is 0 Å². The Labute approximate surface area is 176 Å². The van der Waals surface area contributed by atoms with Gasteiger partial charge in [-0.1, -0.05) is 19.3 Å². The van der Waals surface area contributed by atoms with E-state index in [1.54, 1.807) is 24.3 Å². The van der Waals surface area contributed by atoms with E-state index in [4.69, 9.17) is 4.74 Å². The zero-order valence-corrected chi connectivity index (χ0v) is 17.4. The van der Waals surface area contributed by atoms with Gasteiger partial charge in [0.1, 0.15) is 0 Å². The van der Waals surface area contributed by atoms with Gasteiger partial charge in [-0.25, -0.2) is 4.90 Å². The number of hydrogen-bond acceptors (Lipinski definition) is 5. The molecule has 3 rings (SSSR count). The summed E-state index contributed by atoms with van der Waals surface area (Å²) < 4.78 is 5.91. The second kappa shape index (κ2) is 11.2. The van der Waals surface area contributed by atoms with E-state index < -0.39 is 0 Å². The summed E-state index contributed by atoms with van der Waals surface area (Å²) in [7, 11) is 0. The Kier molecular flexibility index (Phi) is 8.31. The molecule has 1 fully saturated rings. The molecule has 0 spiro atoms. The summed E-state index contributed by atoms with van der Waals surface area (Å²) in [5.74, 6) is 0.996. The summed E-state index contributed by atoms with van der Waals surface area (Å²) in [5.41, 5.74) is 0.972. The van der Waals surface area contributed by atoms with E-state index in [0.717, 1.165) is 29.4 Å². The van der Waals surface area contributed by atoms with Crippen LogP contribution in [0.3, 0.4) is 0 Å². The maximum absolute atomic E-state index is 12.2. The van der Waals surface area contributed by atoms with Gasteiger partial charge in [-0.15, -0.1) is 0 Å². The molecule has 1 heterocycles. The Morgan fingerprint density at radius 3 is 2.41 bits per heavy atom. The smallest absolute Gasteiger partial charge is 0.258 e. The standard InChI is InChI=1S/C22H28N2O4S/c25-20-11-12-21(26)24(20)18-9-7-17(8-10-18)22(27)23-13-16-29-15-4-14-28-19-5-2-1-3-6-19/h7-12,19H,1-6,13-16H2,(H,23,27). The highest BCUT2D eigenvalue weighted by Gasteiger charge is 2.25. The maximum Gasteiger partial charge on any atom is 0.258 e. The number of carbonyl (C=O) groups is 3. The van der Waals surface area contributed by atoms with Crippen molar-refractivity contribution in [3.63, 3.8) is 0 Å². The quantitative estimate of drug-likeness (QED) is 0.468. The third kappa shape index (κ3) is 6.44. The van der Waals surface area contributed by atoms with E-state index in [0.29, 0.717) is 23.9 Å². The molecule has 1 saturated carbocycles. The molecule has 0 saturated heterocycles. The molecular formula is C22H28N2O4S. The van der Waals surface area contributed by atoms with E-state index in [2.05, 4.69) is 5.32 Å². The van der Waals surface area contributed by atoms with Crippen LogP contribution in [0.5, 0.6) is 0 Å². The first-order valence-electron chi connectivity index (χ1n) is 10.3. The molecule has 6 nitrogen and oxygen atoms in total. The van der Waals surface area contributed by atoms with Crippen molar-refractivity contribution in [1.29, 1.82) is 0 Å². The fourth-order valence-electron chi connectivity index (χ4n) is 3.50. The van der Waals surface area contributed by atoms with Gasteiger partial charge in [-0.05, 0) is 49.3 Å². The van der Waals surface area contributed by atoms with Crippen molar-refractivity contribution in [3.8, 4) is 0 Å². The van der Waals surface area contributed by atoms with Crippen LogP contribution in [0.4, 0.5) is 5.69 Å². The Hall–Kier alpha value is -2.12. The average molecular weight is 417 g/mol. The van der Waals surface area contributed by atoms with Crippen LogP contribution >= 0.6 is 11.8 Å². The zero-order valence-electron chi connectivity index (χ0n) is 16.6. The van der Waals surface area contributed by atoms with Gasteiger partial charge >= 0.3 is 0 Å². The molecule has 0 atom stereocenters. The Balaban J connectivity index is 1.27. The first-order chi connectivity index (χ1) is 14.1. The summed E-state index contributed by atoms with van der Waals surface area (Å²) in [6, 6.07) is 6.47. The summed E-state index contributed by atoms with van der Waals surface area (Å²) in [4.78, 5) is 36.7. The van der Waals surface area contributed by atoms with Gasteiger partial charge in [-0.2, -0.15) is 11.8 Å². The third-order valence-corrected chi connectivity index (χ3v) is 6.14. The van der Waals surface area contributed by atoms with Crippen LogP contribution in [-0.4, -0.2) is 48.5 Å². The normalized spacial score (nSPS) is 17.2. The number of imide groups is 1.